The molecule has 0 aliphatic rings. The van der Waals surface area contributed by atoms with Crippen LogP contribution in [0.15, 0.2) is 30.3 Å². The lowest BCUT2D eigenvalue weighted by molar-refractivity contribution is 0.318. The van der Waals surface area contributed by atoms with Crippen molar-refractivity contribution in [2.75, 3.05) is 18.1 Å². The molecule has 4 heteroatoms. The number of nitrogens with zero attached hydrogens (tertiary/aromatic N) is 2. The van der Waals surface area contributed by atoms with Gasteiger partial charge in [0, 0.05) is 13.1 Å². The predicted molar refractivity (Wildman–Crippen MR) is 68.6 cm³/mol. The smallest absolute Gasteiger partial charge is 0.185 e. The Hall–Kier alpha value is -1.13. The molecule has 0 aliphatic heterocycles. The highest BCUT2D eigenvalue weighted by atomic mass is 32.1. The molecule has 0 heterocycles. The summed E-state index contributed by atoms with van der Waals surface area (Å²) in [6.07, 6.45) is 0. The van der Waals surface area contributed by atoms with Gasteiger partial charge in [-0.3, -0.25) is 0 Å². The Kier molecular flexibility index (Phi) is 4.52. The maximum Gasteiger partial charge on any atom is 0.185 e. The Morgan fingerprint density at radius 2 is 1.73 bits per heavy atom. The quantitative estimate of drug-likeness (QED) is 0.625. The summed E-state index contributed by atoms with van der Waals surface area (Å²) in [4.78, 5) is 0. The van der Waals surface area contributed by atoms with Crippen LogP contribution in [0.25, 0.3) is 0 Å². The molecule has 1 rings (SSSR count). The maximum atomic E-state index is 5.74. The van der Waals surface area contributed by atoms with Crippen molar-refractivity contribution >= 4 is 23.0 Å². The first-order chi connectivity index (χ1) is 7.20. The molecule has 0 aliphatic carbocycles. The van der Waals surface area contributed by atoms with Crippen LogP contribution in [0.1, 0.15) is 13.8 Å². The fourth-order valence-electron chi connectivity index (χ4n) is 1.51. The van der Waals surface area contributed by atoms with Crippen LogP contribution in [-0.4, -0.2) is 23.2 Å². The highest BCUT2D eigenvalue weighted by Gasteiger charge is 2.14. The summed E-state index contributed by atoms with van der Waals surface area (Å²) in [7, 11) is 0. The molecule has 0 saturated heterocycles. The second-order valence-electron chi connectivity index (χ2n) is 3.12. The van der Waals surface area contributed by atoms with Crippen LogP contribution in [0.4, 0.5) is 5.69 Å². The summed E-state index contributed by atoms with van der Waals surface area (Å²) in [6.45, 7) is 5.92. The molecule has 0 fully saturated rings. The molecule has 3 nitrogen and oxygen atoms in total. The summed E-state index contributed by atoms with van der Waals surface area (Å²) < 4.78 is 0. The van der Waals surface area contributed by atoms with Gasteiger partial charge in [-0.2, -0.15) is 0 Å². The first-order valence-corrected chi connectivity index (χ1v) is 5.51. The average Bonchev–Trinajstić information content (AvgIpc) is 2.26. The van der Waals surface area contributed by atoms with Crippen LogP contribution < -0.4 is 10.7 Å². The van der Waals surface area contributed by atoms with E-state index in [9.17, 15) is 0 Å². The van der Waals surface area contributed by atoms with Gasteiger partial charge in [0.2, 0.25) is 0 Å². The van der Waals surface area contributed by atoms with Gasteiger partial charge >= 0.3 is 0 Å². The first-order valence-electron chi connectivity index (χ1n) is 5.10. The highest BCUT2D eigenvalue weighted by molar-refractivity contribution is 7.80. The van der Waals surface area contributed by atoms with E-state index in [1.54, 1.807) is 0 Å². The molecule has 0 amide bonds. The largest absolute Gasteiger partial charge is 0.375 e. The molecule has 0 spiro atoms. The minimum Gasteiger partial charge on any atom is -0.375 e. The zero-order chi connectivity index (χ0) is 11.3. The number of nitrogens with two attached hydrogens (primary N) is 1. The van der Waals surface area contributed by atoms with Crippen LogP contribution in [0.2, 0.25) is 0 Å². The van der Waals surface area contributed by atoms with Crippen molar-refractivity contribution in [1.29, 1.82) is 0 Å². The van der Waals surface area contributed by atoms with Gasteiger partial charge in [0.05, 0.1) is 5.69 Å². The number of hydrogen-bond acceptors (Lipinski definition) is 2. The standard InChI is InChI=1S/C11H17N3S/c1-3-13(4-2)14(11(12)15)10-8-6-5-7-9-10/h5-9H,3-4H2,1-2H3,(H2,12,15). The maximum absolute atomic E-state index is 5.74. The summed E-state index contributed by atoms with van der Waals surface area (Å²) in [6, 6.07) is 9.92. The normalized spacial score (nSPS) is 10.3. The summed E-state index contributed by atoms with van der Waals surface area (Å²) in [5, 5.41) is 4.34. The SMILES string of the molecule is CCN(CC)N(C(N)=S)c1ccccc1. The van der Waals surface area contributed by atoms with Crippen molar-refractivity contribution in [3.63, 3.8) is 0 Å². The zero-order valence-corrected chi connectivity index (χ0v) is 10.00. The lowest BCUT2D eigenvalue weighted by Crippen LogP contribution is -2.49. The zero-order valence-electron chi connectivity index (χ0n) is 9.18. The Balaban J connectivity index is 2.97. The molecule has 15 heavy (non-hydrogen) atoms. The second kappa shape index (κ2) is 5.68. The van der Waals surface area contributed by atoms with Gasteiger partial charge in [0.25, 0.3) is 0 Å². The lowest BCUT2D eigenvalue weighted by atomic mass is 10.3. The third-order valence-electron chi connectivity index (χ3n) is 2.22. The van der Waals surface area contributed by atoms with Gasteiger partial charge in [0.15, 0.2) is 5.11 Å². The van der Waals surface area contributed by atoms with Crippen LogP contribution in [0.5, 0.6) is 0 Å². The minimum atomic E-state index is 0.380. The molecule has 0 atom stereocenters. The molecule has 0 aromatic heterocycles. The van der Waals surface area contributed by atoms with E-state index in [2.05, 4.69) is 18.9 Å². The molecule has 1 aromatic rings. The van der Waals surface area contributed by atoms with E-state index >= 15 is 0 Å². The van der Waals surface area contributed by atoms with Gasteiger partial charge in [-0.25, -0.2) is 10.0 Å². The summed E-state index contributed by atoms with van der Waals surface area (Å²) >= 11 is 5.07. The van der Waals surface area contributed by atoms with E-state index in [1.165, 1.54) is 0 Å². The van der Waals surface area contributed by atoms with Gasteiger partial charge in [-0.1, -0.05) is 32.0 Å². The Labute approximate surface area is 96.4 Å². The third kappa shape index (κ3) is 2.91. The van der Waals surface area contributed by atoms with E-state index in [4.69, 9.17) is 18.0 Å². The van der Waals surface area contributed by atoms with Crippen LogP contribution in [-0.2, 0) is 0 Å². The van der Waals surface area contributed by atoms with Gasteiger partial charge < -0.3 is 5.73 Å². The van der Waals surface area contributed by atoms with Gasteiger partial charge in [0.1, 0.15) is 0 Å². The first kappa shape index (κ1) is 11.9. The number of benzene rings is 1. The number of hydrazine groups is 1. The lowest BCUT2D eigenvalue weighted by Gasteiger charge is -2.33. The topological polar surface area (TPSA) is 32.5 Å². The number of thiocarbonyl (C=S) groups is 1. The molecule has 0 unspecified atom stereocenters. The molecular formula is C11H17N3S. The molecule has 1 aromatic carbocycles. The van der Waals surface area contributed by atoms with E-state index in [0.717, 1.165) is 18.8 Å². The monoisotopic (exact) mass is 223 g/mol. The van der Waals surface area contributed by atoms with Crippen molar-refractivity contribution in [2.24, 2.45) is 5.73 Å². The van der Waals surface area contributed by atoms with Crippen molar-refractivity contribution in [3.05, 3.63) is 30.3 Å². The molecule has 0 saturated carbocycles. The number of hydrogen-bond donors (Lipinski definition) is 1. The van der Waals surface area contributed by atoms with E-state index in [1.807, 2.05) is 35.3 Å². The van der Waals surface area contributed by atoms with E-state index in [-0.39, 0.29) is 0 Å². The third-order valence-corrected chi connectivity index (χ3v) is 2.40. The molecule has 0 bridgehead atoms. The number of para-hydroxylation sites is 1. The summed E-state index contributed by atoms with van der Waals surface area (Å²) in [5.74, 6) is 0. The summed E-state index contributed by atoms with van der Waals surface area (Å²) in [5.41, 5.74) is 6.74. The van der Waals surface area contributed by atoms with Crippen LogP contribution in [0.3, 0.4) is 0 Å². The van der Waals surface area contributed by atoms with Gasteiger partial charge in [-0.05, 0) is 24.4 Å². The highest BCUT2D eigenvalue weighted by Crippen LogP contribution is 2.15. The van der Waals surface area contributed by atoms with Crippen LogP contribution in [0, 0.1) is 0 Å². The number of anilines is 1. The molecule has 82 valence electrons. The minimum absolute atomic E-state index is 0.380. The average molecular weight is 223 g/mol. The second-order valence-corrected chi connectivity index (χ2v) is 3.54. The van der Waals surface area contributed by atoms with Crippen molar-refractivity contribution < 1.29 is 0 Å². The Bertz CT molecular complexity index is 309. The predicted octanol–water partition coefficient (Wildman–Crippen LogP) is 1.99. The van der Waals surface area contributed by atoms with Crippen molar-refractivity contribution in [2.45, 2.75) is 13.8 Å². The molecule has 2 N–H and O–H groups in total. The van der Waals surface area contributed by atoms with E-state index < -0.39 is 0 Å². The van der Waals surface area contributed by atoms with Gasteiger partial charge in [-0.15, -0.1) is 0 Å². The Morgan fingerprint density at radius 1 is 1.20 bits per heavy atom. The number of rotatable bonds is 4. The fourth-order valence-corrected chi connectivity index (χ4v) is 1.73. The molecular weight excluding hydrogens is 206 g/mol. The fraction of sp³-hybridized carbons (Fsp3) is 0.364. The molecule has 0 radical (unpaired) electrons. The Morgan fingerprint density at radius 3 is 2.13 bits per heavy atom. The van der Waals surface area contributed by atoms with Crippen molar-refractivity contribution in [3.8, 4) is 0 Å². The van der Waals surface area contributed by atoms with E-state index in [0.29, 0.717) is 5.11 Å². The van der Waals surface area contributed by atoms with Crippen molar-refractivity contribution in [1.82, 2.24) is 5.01 Å². The van der Waals surface area contributed by atoms with Crippen LogP contribution >= 0.6 is 12.2 Å².